The number of amides is 3. The molecular weight excluding hydrogens is 468 g/mol. The summed E-state index contributed by atoms with van der Waals surface area (Å²) < 4.78 is 0. The summed E-state index contributed by atoms with van der Waals surface area (Å²) in [5, 5.41) is 17.6. The van der Waals surface area contributed by atoms with Gasteiger partial charge in [0.1, 0.15) is 18.1 Å². The largest absolute Gasteiger partial charge is 0.480 e. The summed E-state index contributed by atoms with van der Waals surface area (Å²) in [4.78, 5) is 50.5. The van der Waals surface area contributed by atoms with Gasteiger partial charge in [-0.15, -0.1) is 0 Å². The van der Waals surface area contributed by atoms with Crippen molar-refractivity contribution < 1.29 is 24.3 Å². The lowest BCUT2D eigenvalue weighted by molar-refractivity contribution is -0.142. The van der Waals surface area contributed by atoms with Crippen molar-refractivity contribution in [3.63, 3.8) is 0 Å². The first kappa shape index (κ1) is 30.4. The first-order chi connectivity index (χ1) is 16.5. The van der Waals surface area contributed by atoms with Crippen LogP contribution in [0.3, 0.4) is 0 Å². The summed E-state index contributed by atoms with van der Waals surface area (Å²) in [6, 6.07) is 5.26. The van der Waals surface area contributed by atoms with Crippen LogP contribution in [-0.4, -0.2) is 65.0 Å². The molecule has 1 aromatic carbocycles. The maximum absolute atomic E-state index is 13.1. The highest BCUT2D eigenvalue weighted by Crippen LogP contribution is 2.10. The summed E-state index contributed by atoms with van der Waals surface area (Å²) in [5.74, 6) is -2.41. The molecule has 0 bridgehead atoms. The van der Waals surface area contributed by atoms with Gasteiger partial charge >= 0.3 is 5.97 Å². The molecule has 9 nitrogen and oxygen atoms in total. The number of thioether (sulfide) groups is 1. The minimum atomic E-state index is -1.16. The third-order valence-electron chi connectivity index (χ3n) is 5.95. The predicted molar refractivity (Wildman–Crippen MR) is 139 cm³/mol. The summed E-state index contributed by atoms with van der Waals surface area (Å²) in [5.41, 5.74) is 6.78. The zero-order valence-corrected chi connectivity index (χ0v) is 22.1. The second-order valence-electron chi connectivity index (χ2n) is 9.07. The number of benzene rings is 1. The van der Waals surface area contributed by atoms with E-state index in [0.29, 0.717) is 12.2 Å². The van der Waals surface area contributed by atoms with E-state index in [1.165, 1.54) is 11.8 Å². The van der Waals surface area contributed by atoms with E-state index in [9.17, 15) is 24.3 Å². The van der Waals surface area contributed by atoms with Crippen LogP contribution in [0.1, 0.15) is 46.1 Å². The van der Waals surface area contributed by atoms with Gasteiger partial charge in [-0.05, 0) is 35.8 Å². The van der Waals surface area contributed by atoms with E-state index >= 15 is 0 Å². The van der Waals surface area contributed by atoms with Gasteiger partial charge in [-0.3, -0.25) is 14.4 Å². The van der Waals surface area contributed by atoms with Crippen molar-refractivity contribution in [1.82, 2.24) is 16.0 Å². The average molecular weight is 509 g/mol. The van der Waals surface area contributed by atoms with E-state index in [4.69, 9.17) is 5.73 Å². The van der Waals surface area contributed by atoms with Gasteiger partial charge < -0.3 is 26.8 Å². The Morgan fingerprint density at radius 2 is 1.54 bits per heavy atom. The Balaban J connectivity index is 2.96. The predicted octanol–water partition coefficient (Wildman–Crippen LogP) is 1.55. The summed E-state index contributed by atoms with van der Waals surface area (Å²) in [6.07, 6.45) is 3.02. The number of carbonyl (C=O) groups excluding carboxylic acids is 3. The molecule has 1 aromatic rings. The molecule has 0 aromatic heterocycles. The van der Waals surface area contributed by atoms with Gasteiger partial charge in [0.2, 0.25) is 17.7 Å². The number of carboxylic acid groups (broad SMARTS) is 1. The lowest BCUT2D eigenvalue weighted by atomic mass is 9.97. The molecule has 35 heavy (non-hydrogen) atoms. The molecule has 196 valence electrons. The molecule has 0 spiro atoms. The molecule has 0 heterocycles. The maximum Gasteiger partial charge on any atom is 0.326 e. The number of carboxylic acids is 1. The van der Waals surface area contributed by atoms with Gasteiger partial charge in [0.05, 0.1) is 6.04 Å². The number of rotatable bonds is 15. The summed E-state index contributed by atoms with van der Waals surface area (Å²) in [7, 11) is 0. The lowest BCUT2D eigenvalue weighted by Crippen LogP contribution is -2.59. The number of nitrogens with one attached hydrogen (secondary N) is 3. The van der Waals surface area contributed by atoms with Crippen LogP contribution in [0.25, 0.3) is 0 Å². The van der Waals surface area contributed by atoms with Gasteiger partial charge in [-0.2, -0.15) is 11.8 Å². The molecule has 0 saturated carbocycles. The minimum absolute atomic E-state index is 0.0523. The fraction of sp³-hybridized carbons (Fsp3) is 0.600. The number of hydrogen-bond acceptors (Lipinski definition) is 6. The second kappa shape index (κ2) is 15.4. The summed E-state index contributed by atoms with van der Waals surface area (Å²) >= 11 is 1.50. The molecular formula is C25H40N4O5S. The van der Waals surface area contributed by atoms with Crippen LogP contribution in [0.2, 0.25) is 0 Å². The van der Waals surface area contributed by atoms with Crippen molar-refractivity contribution >= 4 is 35.5 Å². The zero-order valence-electron chi connectivity index (χ0n) is 21.2. The van der Waals surface area contributed by atoms with Crippen LogP contribution in [0.15, 0.2) is 30.3 Å². The van der Waals surface area contributed by atoms with Crippen LogP contribution >= 0.6 is 11.8 Å². The highest BCUT2D eigenvalue weighted by atomic mass is 32.2. The molecule has 0 aliphatic rings. The number of aliphatic carboxylic acids is 1. The molecule has 0 saturated heterocycles. The second-order valence-corrected chi connectivity index (χ2v) is 10.1. The maximum atomic E-state index is 13.1. The Hall–Kier alpha value is -2.59. The molecule has 0 aliphatic carbocycles. The Bertz CT molecular complexity index is 836. The quantitative estimate of drug-likeness (QED) is 0.241. The van der Waals surface area contributed by atoms with E-state index < -0.39 is 47.9 Å². The average Bonchev–Trinajstić information content (AvgIpc) is 2.83. The summed E-state index contributed by atoms with van der Waals surface area (Å²) in [6.45, 7) is 7.38. The van der Waals surface area contributed by atoms with Crippen LogP contribution in [0, 0.1) is 11.8 Å². The van der Waals surface area contributed by atoms with E-state index in [1.807, 2.05) is 26.2 Å². The van der Waals surface area contributed by atoms with Crippen molar-refractivity contribution in [3.05, 3.63) is 35.9 Å². The Kier molecular flexibility index (Phi) is 13.4. The van der Waals surface area contributed by atoms with Crippen LogP contribution in [0.5, 0.6) is 0 Å². The van der Waals surface area contributed by atoms with Gasteiger partial charge in [0.15, 0.2) is 0 Å². The van der Waals surface area contributed by atoms with E-state index in [1.54, 1.807) is 38.1 Å². The molecule has 0 fully saturated rings. The minimum Gasteiger partial charge on any atom is -0.480 e. The first-order valence-corrected chi connectivity index (χ1v) is 13.3. The highest BCUT2D eigenvalue weighted by Gasteiger charge is 2.32. The normalized spacial score (nSPS) is 15.4. The van der Waals surface area contributed by atoms with E-state index in [0.717, 1.165) is 12.0 Å². The molecule has 10 heteroatoms. The zero-order chi connectivity index (χ0) is 26.5. The smallest absolute Gasteiger partial charge is 0.326 e. The van der Waals surface area contributed by atoms with Crippen molar-refractivity contribution in [2.75, 3.05) is 12.0 Å². The molecule has 5 atom stereocenters. The molecule has 1 rings (SSSR count). The van der Waals surface area contributed by atoms with Crippen LogP contribution in [-0.2, 0) is 25.6 Å². The third-order valence-corrected chi connectivity index (χ3v) is 6.59. The molecule has 6 N–H and O–H groups in total. The number of hydrogen-bond donors (Lipinski definition) is 5. The fourth-order valence-electron chi connectivity index (χ4n) is 3.38. The Labute approximate surface area is 212 Å². The first-order valence-electron chi connectivity index (χ1n) is 11.9. The molecule has 0 radical (unpaired) electrons. The fourth-order valence-corrected chi connectivity index (χ4v) is 3.86. The molecule has 0 aliphatic heterocycles. The molecule has 3 amide bonds. The monoisotopic (exact) mass is 508 g/mol. The van der Waals surface area contributed by atoms with Crippen molar-refractivity contribution in [2.24, 2.45) is 17.6 Å². The SMILES string of the molecule is CCC(C)C(N)C(=O)NC(C(=O)NC(CCSC)C(=O)NC(Cc1ccccc1)C(=O)O)C(C)C. The van der Waals surface area contributed by atoms with Crippen molar-refractivity contribution in [1.29, 1.82) is 0 Å². The Morgan fingerprint density at radius 1 is 0.943 bits per heavy atom. The van der Waals surface area contributed by atoms with Crippen LogP contribution in [0.4, 0.5) is 0 Å². The molecule has 5 unspecified atom stereocenters. The topological polar surface area (TPSA) is 151 Å². The number of nitrogens with two attached hydrogens (primary N) is 1. The van der Waals surface area contributed by atoms with Gasteiger partial charge in [0.25, 0.3) is 0 Å². The van der Waals surface area contributed by atoms with Gasteiger partial charge in [-0.25, -0.2) is 4.79 Å². The highest BCUT2D eigenvalue weighted by molar-refractivity contribution is 7.98. The third kappa shape index (κ3) is 10.3. The van der Waals surface area contributed by atoms with Gasteiger partial charge in [-0.1, -0.05) is 64.4 Å². The number of carbonyl (C=O) groups is 4. The van der Waals surface area contributed by atoms with Gasteiger partial charge in [0, 0.05) is 6.42 Å². The Morgan fingerprint density at radius 3 is 2.06 bits per heavy atom. The van der Waals surface area contributed by atoms with Crippen molar-refractivity contribution in [2.45, 2.75) is 71.1 Å². The van der Waals surface area contributed by atoms with E-state index in [2.05, 4.69) is 16.0 Å². The van der Waals surface area contributed by atoms with Crippen LogP contribution < -0.4 is 21.7 Å². The van der Waals surface area contributed by atoms with Crippen molar-refractivity contribution in [3.8, 4) is 0 Å². The standard InChI is InChI=1S/C25H40N4O5S/c1-6-16(4)20(26)23(31)29-21(15(2)3)24(32)27-18(12-13-35-5)22(30)28-19(25(33)34)14-17-10-8-7-9-11-17/h7-11,15-16,18-21H,6,12-14,26H2,1-5H3,(H,27,32)(H,28,30)(H,29,31)(H,33,34). The lowest BCUT2D eigenvalue weighted by Gasteiger charge is -2.28. The van der Waals surface area contributed by atoms with E-state index in [-0.39, 0.29) is 18.3 Å².